The normalized spacial score (nSPS) is 19.8. The van der Waals surface area contributed by atoms with Gasteiger partial charge in [-0.1, -0.05) is 5.10 Å². The largest absolute Gasteiger partial charge is 0.573 e. The predicted octanol–water partition coefficient (Wildman–Crippen LogP) is 2.84. The molecule has 148 valence electrons. The van der Waals surface area contributed by atoms with Gasteiger partial charge in [-0.25, -0.2) is 0 Å². The van der Waals surface area contributed by atoms with Crippen molar-refractivity contribution in [1.82, 2.24) is 10.2 Å². The van der Waals surface area contributed by atoms with Crippen LogP contribution in [0, 0.1) is 5.92 Å². The highest BCUT2D eigenvalue weighted by atomic mass is 19.4. The van der Waals surface area contributed by atoms with Crippen LogP contribution in [0.4, 0.5) is 24.9 Å². The Labute approximate surface area is 156 Å². The van der Waals surface area contributed by atoms with E-state index >= 15 is 0 Å². The second kappa shape index (κ2) is 6.80. The smallest absolute Gasteiger partial charge is 0.407 e. The second-order valence-corrected chi connectivity index (χ2v) is 6.66. The maximum Gasteiger partial charge on any atom is 0.573 e. The summed E-state index contributed by atoms with van der Waals surface area (Å²) in [7, 11) is 0. The molecule has 28 heavy (non-hydrogen) atoms. The topological polar surface area (TPSA) is 97.6 Å². The van der Waals surface area contributed by atoms with Crippen molar-refractivity contribution in [3.05, 3.63) is 30.2 Å². The standard InChI is InChI=1S/C17H15F3N4O4/c18-17(19,20)28-12-5-3-11(4-6-12)24-8-10(7-13(24)25)15-22-23-16(27-15)21-14(26)9-1-2-9/h3-6,9-10H,1-2,7-8H2,(H,21,23,26)/t10-/m0/s1. The molecule has 1 N–H and O–H groups in total. The number of carbonyl (C=O) groups excluding carboxylic acids is 2. The average Bonchev–Trinajstić information content (AvgIpc) is 3.26. The number of halogens is 3. The predicted molar refractivity (Wildman–Crippen MR) is 88.5 cm³/mol. The van der Waals surface area contributed by atoms with Crippen molar-refractivity contribution < 1.29 is 31.9 Å². The van der Waals surface area contributed by atoms with Gasteiger partial charge in [0.05, 0.1) is 5.92 Å². The Hall–Kier alpha value is -3.11. The van der Waals surface area contributed by atoms with Crippen LogP contribution in [-0.2, 0) is 9.59 Å². The lowest BCUT2D eigenvalue weighted by Gasteiger charge is -2.17. The van der Waals surface area contributed by atoms with E-state index in [0.29, 0.717) is 5.69 Å². The summed E-state index contributed by atoms with van der Waals surface area (Å²) in [6.45, 7) is 0.233. The molecule has 0 spiro atoms. The van der Waals surface area contributed by atoms with Crippen LogP contribution in [0.25, 0.3) is 0 Å². The molecule has 0 radical (unpaired) electrons. The molecule has 1 atom stereocenters. The Morgan fingerprint density at radius 3 is 2.57 bits per heavy atom. The highest BCUT2D eigenvalue weighted by molar-refractivity contribution is 5.96. The van der Waals surface area contributed by atoms with Gasteiger partial charge in [0.15, 0.2) is 0 Å². The summed E-state index contributed by atoms with van der Waals surface area (Å²) in [6.07, 6.45) is -2.99. The van der Waals surface area contributed by atoms with E-state index in [1.807, 2.05) is 0 Å². The molecule has 2 fully saturated rings. The van der Waals surface area contributed by atoms with Crippen LogP contribution < -0.4 is 15.0 Å². The molecule has 1 aromatic carbocycles. The Balaban J connectivity index is 1.41. The molecule has 11 heteroatoms. The van der Waals surface area contributed by atoms with Gasteiger partial charge in [0.2, 0.25) is 17.7 Å². The molecule has 1 saturated heterocycles. The van der Waals surface area contributed by atoms with Gasteiger partial charge >= 0.3 is 12.4 Å². The summed E-state index contributed by atoms with van der Waals surface area (Å²) < 4.78 is 46.0. The SMILES string of the molecule is O=C(Nc1nnc([C@H]2CC(=O)N(c3ccc(OC(F)(F)F)cc3)C2)o1)C1CC1. The Morgan fingerprint density at radius 2 is 1.93 bits per heavy atom. The average molecular weight is 396 g/mol. The summed E-state index contributed by atoms with van der Waals surface area (Å²) in [6, 6.07) is 5.02. The highest BCUT2D eigenvalue weighted by Gasteiger charge is 2.36. The first-order valence-corrected chi connectivity index (χ1v) is 8.59. The van der Waals surface area contributed by atoms with E-state index in [-0.39, 0.29) is 54.3 Å². The lowest BCUT2D eigenvalue weighted by atomic mass is 10.1. The zero-order chi connectivity index (χ0) is 19.9. The molecule has 1 aromatic heterocycles. The van der Waals surface area contributed by atoms with Crippen LogP contribution in [0.15, 0.2) is 28.7 Å². The molecule has 4 rings (SSSR count). The van der Waals surface area contributed by atoms with Crippen molar-refractivity contribution in [3.63, 3.8) is 0 Å². The molecule has 2 amide bonds. The third kappa shape index (κ3) is 4.07. The fraction of sp³-hybridized carbons (Fsp3) is 0.412. The number of alkyl halides is 3. The second-order valence-electron chi connectivity index (χ2n) is 6.66. The van der Waals surface area contributed by atoms with Crippen molar-refractivity contribution in [2.24, 2.45) is 5.92 Å². The van der Waals surface area contributed by atoms with Crippen LogP contribution >= 0.6 is 0 Å². The van der Waals surface area contributed by atoms with Crippen molar-refractivity contribution in [3.8, 4) is 5.75 Å². The van der Waals surface area contributed by atoms with Crippen LogP contribution in [0.3, 0.4) is 0 Å². The molecular formula is C17H15F3N4O4. The van der Waals surface area contributed by atoms with E-state index in [9.17, 15) is 22.8 Å². The van der Waals surface area contributed by atoms with Gasteiger partial charge in [0, 0.05) is 24.6 Å². The van der Waals surface area contributed by atoms with Gasteiger partial charge in [-0.3, -0.25) is 14.9 Å². The molecule has 2 aromatic rings. The lowest BCUT2D eigenvalue weighted by Crippen LogP contribution is -2.24. The molecule has 2 heterocycles. The minimum absolute atomic E-state index is 0.00792. The molecule has 2 aliphatic rings. The van der Waals surface area contributed by atoms with Crippen molar-refractivity contribution in [2.45, 2.75) is 31.5 Å². The number of benzene rings is 1. The van der Waals surface area contributed by atoms with Gasteiger partial charge in [-0.15, -0.1) is 18.3 Å². The maximum absolute atomic E-state index is 12.3. The van der Waals surface area contributed by atoms with E-state index in [1.165, 1.54) is 17.0 Å². The van der Waals surface area contributed by atoms with E-state index in [0.717, 1.165) is 25.0 Å². The minimum Gasteiger partial charge on any atom is -0.407 e. The van der Waals surface area contributed by atoms with E-state index < -0.39 is 6.36 Å². The first-order valence-electron chi connectivity index (χ1n) is 8.59. The van der Waals surface area contributed by atoms with Crippen molar-refractivity contribution in [2.75, 3.05) is 16.8 Å². The van der Waals surface area contributed by atoms with E-state index in [1.54, 1.807) is 0 Å². The van der Waals surface area contributed by atoms with Crippen LogP contribution in [-0.4, -0.2) is 34.9 Å². The number of carbonyl (C=O) groups is 2. The fourth-order valence-corrected chi connectivity index (χ4v) is 2.95. The summed E-state index contributed by atoms with van der Waals surface area (Å²) >= 11 is 0. The molecule has 0 unspecified atom stereocenters. The van der Waals surface area contributed by atoms with Crippen LogP contribution in [0.5, 0.6) is 5.75 Å². The fourth-order valence-electron chi connectivity index (χ4n) is 2.95. The van der Waals surface area contributed by atoms with Crippen molar-refractivity contribution in [1.29, 1.82) is 0 Å². The number of hydrogen-bond acceptors (Lipinski definition) is 6. The first-order chi connectivity index (χ1) is 13.3. The quantitative estimate of drug-likeness (QED) is 0.835. The Bertz CT molecular complexity index is 893. The third-order valence-electron chi connectivity index (χ3n) is 4.48. The number of nitrogens with one attached hydrogen (secondary N) is 1. The van der Waals surface area contributed by atoms with Crippen molar-refractivity contribution >= 4 is 23.5 Å². The number of aromatic nitrogens is 2. The monoisotopic (exact) mass is 396 g/mol. The number of amides is 2. The zero-order valence-corrected chi connectivity index (χ0v) is 14.4. The van der Waals surface area contributed by atoms with E-state index in [2.05, 4.69) is 20.3 Å². The lowest BCUT2D eigenvalue weighted by molar-refractivity contribution is -0.274. The number of rotatable bonds is 5. The maximum atomic E-state index is 12.3. The number of nitrogens with zero attached hydrogens (tertiary/aromatic N) is 3. The zero-order valence-electron chi connectivity index (χ0n) is 14.4. The molecular weight excluding hydrogens is 381 g/mol. The summed E-state index contributed by atoms with van der Waals surface area (Å²) in [5, 5.41) is 10.2. The number of ether oxygens (including phenoxy) is 1. The molecule has 1 aliphatic carbocycles. The Morgan fingerprint density at radius 1 is 1.21 bits per heavy atom. The van der Waals surface area contributed by atoms with E-state index in [4.69, 9.17) is 4.42 Å². The van der Waals surface area contributed by atoms with Gasteiger partial charge in [-0.2, -0.15) is 0 Å². The number of anilines is 2. The van der Waals surface area contributed by atoms with Crippen LogP contribution in [0.1, 0.15) is 31.1 Å². The number of hydrogen-bond donors (Lipinski definition) is 1. The molecule has 0 bridgehead atoms. The molecule has 1 aliphatic heterocycles. The minimum atomic E-state index is -4.78. The third-order valence-corrected chi connectivity index (χ3v) is 4.48. The van der Waals surface area contributed by atoms with Crippen LogP contribution in [0.2, 0.25) is 0 Å². The summed E-state index contributed by atoms with van der Waals surface area (Å²) in [5.41, 5.74) is 0.434. The summed E-state index contributed by atoms with van der Waals surface area (Å²) in [5.74, 6) is -0.927. The van der Waals surface area contributed by atoms with Gasteiger partial charge in [0.25, 0.3) is 0 Å². The first kappa shape index (κ1) is 18.3. The van der Waals surface area contributed by atoms with Gasteiger partial charge in [0.1, 0.15) is 5.75 Å². The van der Waals surface area contributed by atoms with Gasteiger partial charge < -0.3 is 14.1 Å². The highest BCUT2D eigenvalue weighted by Crippen LogP contribution is 2.34. The Kier molecular flexibility index (Phi) is 4.44. The molecule has 1 saturated carbocycles. The van der Waals surface area contributed by atoms with Gasteiger partial charge in [-0.05, 0) is 37.1 Å². The summed E-state index contributed by atoms with van der Waals surface area (Å²) in [4.78, 5) is 25.5. The molecule has 8 nitrogen and oxygen atoms in total.